The van der Waals surface area contributed by atoms with E-state index in [0.717, 1.165) is 5.56 Å². The molecule has 1 aliphatic heterocycles. The van der Waals surface area contributed by atoms with Crippen molar-refractivity contribution >= 4 is 32.7 Å². The Labute approximate surface area is 185 Å². The van der Waals surface area contributed by atoms with Crippen LogP contribution >= 0.6 is 0 Å². The number of ether oxygens (including phenoxy) is 2. The predicted octanol–water partition coefficient (Wildman–Crippen LogP) is 3.81. The molecular weight excluding hydrogens is 428 g/mol. The van der Waals surface area contributed by atoms with E-state index in [2.05, 4.69) is 20.0 Å². The summed E-state index contributed by atoms with van der Waals surface area (Å²) < 4.78 is 39.9. The molecule has 0 saturated carbocycles. The van der Waals surface area contributed by atoms with Crippen molar-refractivity contribution in [3.63, 3.8) is 0 Å². The number of aromatic nitrogens is 2. The molecule has 0 fully saturated rings. The van der Waals surface area contributed by atoms with E-state index in [4.69, 9.17) is 9.47 Å². The lowest BCUT2D eigenvalue weighted by molar-refractivity contribution is 0.171. The van der Waals surface area contributed by atoms with Crippen LogP contribution in [0.3, 0.4) is 0 Å². The molecule has 0 radical (unpaired) electrons. The van der Waals surface area contributed by atoms with Gasteiger partial charge in [0.05, 0.1) is 15.9 Å². The molecule has 32 heavy (non-hydrogen) atoms. The molecule has 0 aliphatic carbocycles. The number of hydrogen-bond donors (Lipinski definition) is 2. The van der Waals surface area contributed by atoms with Crippen molar-refractivity contribution in [3.05, 3.63) is 78.4 Å². The van der Waals surface area contributed by atoms with Crippen LogP contribution in [0, 0.1) is 0 Å². The van der Waals surface area contributed by atoms with E-state index in [1.54, 1.807) is 12.1 Å². The monoisotopic (exact) mass is 448 g/mol. The van der Waals surface area contributed by atoms with Gasteiger partial charge in [-0.1, -0.05) is 42.5 Å². The largest absolute Gasteiger partial charge is 0.486 e. The van der Waals surface area contributed by atoms with Gasteiger partial charge in [-0.2, -0.15) is 0 Å². The quantitative estimate of drug-likeness (QED) is 0.462. The van der Waals surface area contributed by atoms with Crippen LogP contribution in [0.5, 0.6) is 11.5 Å². The van der Waals surface area contributed by atoms with Gasteiger partial charge < -0.3 is 14.8 Å². The summed E-state index contributed by atoms with van der Waals surface area (Å²) in [7, 11) is -3.95. The highest BCUT2D eigenvalue weighted by atomic mass is 32.2. The van der Waals surface area contributed by atoms with Gasteiger partial charge in [0.25, 0.3) is 10.0 Å². The van der Waals surface area contributed by atoms with E-state index in [0.29, 0.717) is 48.1 Å². The van der Waals surface area contributed by atoms with Gasteiger partial charge in [-0.25, -0.2) is 18.4 Å². The Morgan fingerprint density at radius 3 is 2.19 bits per heavy atom. The van der Waals surface area contributed by atoms with Crippen molar-refractivity contribution in [1.29, 1.82) is 0 Å². The molecule has 9 heteroatoms. The summed E-state index contributed by atoms with van der Waals surface area (Å²) in [5, 5.41) is 3.20. The average Bonchev–Trinajstić information content (AvgIpc) is 2.83. The lowest BCUT2D eigenvalue weighted by Crippen LogP contribution is -2.18. The molecule has 4 aromatic rings. The molecule has 0 saturated heterocycles. The summed E-state index contributed by atoms with van der Waals surface area (Å²) in [4.78, 5) is 9.15. The highest BCUT2D eigenvalue weighted by Gasteiger charge is 2.22. The van der Waals surface area contributed by atoms with Gasteiger partial charge in [0.15, 0.2) is 23.1 Å². The first-order valence-electron chi connectivity index (χ1n) is 10.1. The maximum absolute atomic E-state index is 13.1. The minimum Gasteiger partial charge on any atom is -0.486 e. The molecule has 5 rings (SSSR count). The summed E-state index contributed by atoms with van der Waals surface area (Å²) in [5.41, 5.74) is 2.27. The van der Waals surface area contributed by atoms with Crippen molar-refractivity contribution in [2.24, 2.45) is 0 Å². The smallest absolute Gasteiger partial charge is 0.263 e. The molecule has 0 unspecified atom stereocenters. The standard InChI is InChI=1S/C23H20N4O4S/c28-32(29,17-10-11-20-21(14-17)31-13-12-30-20)27-23-22(24-15-16-6-2-1-3-7-16)25-18-8-4-5-9-19(18)26-23/h1-11,14H,12-13,15H2,(H,24,25)(H,26,27). The average molecular weight is 449 g/mol. The van der Waals surface area contributed by atoms with Crippen molar-refractivity contribution in [2.45, 2.75) is 11.4 Å². The maximum Gasteiger partial charge on any atom is 0.263 e. The first kappa shape index (κ1) is 20.1. The number of sulfonamides is 1. The van der Waals surface area contributed by atoms with E-state index in [-0.39, 0.29) is 10.7 Å². The number of benzene rings is 3. The SMILES string of the molecule is O=S(=O)(Nc1nc2ccccc2nc1NCc1ccccc1)c1ccc2c(c1)OCCO2. The molecule has 0 spiro atoms. The molecule has 2 N–H and O–H groups in total. The van der Waals surface area contributed by atoms with E-state index < -0.39 is 10.0 Å². The van der Waals surface area contributed by atoms with Crippen LogP contribution in [0.2, 0.25) is 0 Å². The summed E-state index contributed by atoms with van der Waals surface area (Å²) in [6, 6.07) is 21.6. The molecular formula is C23H20N4O4S. The molecule has 162 valence electrons. The topological polar surface area (TPSA) is 102 Å². The second-order valence-electron chi connectivity index (χ2n) is 7.16. The summed E-state index contributed by atoms with van der Waals surface area (Å²) in [6.45, 7) is 1.26. The maximum atomic E-state index is 13.1. The second-order valence-corrected chi connectivity index (χ2v) is 8.84. The van der Waals surface area contributed by atoms with Crippen LogP contribution in [0.1, 0.15) is 5.56 Å². The van der Waals surface area contributed by atoms with Gasteiger partial charge in [-0.15, -0.1) is 0 Å². The Hall–Kier alpha value is -3.85. The number of anilines is 2. The van der Waals surface area contributed by atoms with Gasteiger partial charge in [-0.05, 0) is 29.8 Å². The first-order valence-corrected chi connectivity index (χ1v) is 11.5. The molecule has 0 amide bonds. The molecule has 0 atom stereocenters. The fourth-order valence-electron chi connectivity index (χ4n) is 3.35. The van der Waals surface area contributed by atoms with Crippen molar-refractivity contribution in [3.8, 4) is 11.5 Å². The molecule has 0 bridgehead atoms. The van der Waals surface area contributed by atoms with Crippen LogP contribution in [-0.4, -0.2) is 31.6 Å². The minimum absolute atomic E-state index is 0.0470. The van der Waals surface area contributed by atoms with E-state index in [9.17, 15) is 8.42 Å². The summed E-state index contributed by atoms with van der Waals surface area (Å²) in [6.07, 6.45) is 0. The highest BCUT2D eigenvalue weighted by molar-refractivity contribution is 7.92. The predicted molar refractivity (Wildman–Crippen MR) is 122 cm³/mol. The number of hydrogen-bond acceptors (Lipinski definition) is 7. The number of fused-ring (bicyclic) bond motifs is 2. The Morgan fingerprint density at radius 2 is 1.44 bits per heavy atom. The third-order valence-electron chi connectivity index (χ3n) is 4.93. The third-order valence-corrected chi connectivity index (χ3v) is 6.26. The van der Waals surface area contributed by atoms with Crippen LogP contribution in [0.4, 0.5) is 11.6 Å². The van der Waals surface area contributed by atoms with E-state index >= 15 is 0 Å². The van der Waals surface area contributed by atoms with Gasteiger partial charge >= 0.3 is 0 Å². The summed E-state index contributed by atoms with van der Waals surface area (Å²) in [5.74, 6) is 1.38. The van der Waals surface area contributed by atoms with Crippen LogP contribution < -0.4 is 19.5 Å². The minimum atomic E-state index is -3.95. The summed E-state index contributed by atoms with van der Waals surface area (Å²) >= 11 is 0. The van der Waals surface area contributed by atoms with Crippen molar-refractivity contribution in [1.82, 2.24) is 9.97 Å². The Kier molecular flexibility index (Phi) is 5.24. The first-order chi connectivity index (χ1) is 15.6. The number of para-hydroxylation sites is 2. The lowest BCUT2D eigenvalue weighted by Gasteiger charge is -2.19. The van der Waals surface area contributed by atoms with Crippen molar-refractivity contribution in [2.75, 3.05) is 23.3 Å². The Balaban J connectivity index is 1.49. The van der Waals surface area contributed by atoms with Crippen LogP contribution in [-0.2, 0) is 16.6 Å². The lowest BCUT2D eigenvalue weighted by atomic mass is 10.2. The second kappa shape index (κ2) is 8.35. The van der Waals surface area contributed by atoms with Gasteiger partial charge in [0, 0.05) is 12.6 Å². The van der Waals surface area contributed by atoms with Crippen LogP contribution in [0.15, 0.2) is 77.7 Å². The highest BCUT2D eigenvalue weighted by Crippen LogP contribution is 2.33. The molecule has 2 heterocycles. The van der Waals surface area contributed by atoms with Gasteiger partial charge in [0.2, 0.25) is 0 Å². The fourth-order valence-corrected chi connectivity index (χ4v) is 4.38. The normalized spacial score (nSPS) is 13.0. The zero-order valence-corrected chi connectivity index (χ0v) is 17.8. The fraction of sp³-hybridized carbons (Fsp3) is 0.130. The van der Waals surface area contributed by atoms with Gasteiger partial charge in [0.1, 0.15) is 13.2 Å². The molecule has 8 nitrogen and oxygen atoms in total. The Morgan fingerprint density at radius 1 is 0.781 bits per heavy atom. The number of rotatable bonds is 6. The van der Waals surface area contributed by atoms with Crippen molar-refractivity contribution < 1.29 is 17.9 Å². The zero-order chi connectivity index (χ0) is 22.0. The molecule has 1 aromatic heterocycles. The number of nitrogens with one attached hydrogen (secondary N) is 2. The van der Waals surface area contributed by atoms with Crippen LogP contribution in [0.25, 0.3) is 11.0 Å². The van der Waals surface area contributed by atoms with E-state index in [1.807, 2.05) is 48.5 Å². The Bertz CT molecular complexity index is 1380. The molecule has 3 aromatic carbocycles. The molecule has 1 aliphatic rings. The van der Waals surface area contributed by atoms with E-state index in [1.165, 1.54) is 12.1 Å². The van der Waals surface area contributed by atoms with Gasteiger partial charge in [-0.3, -0.25) is 4.72 Å². The zero-order valence-electron chi connectivity index (χ0n) is 17.0. The number of nitrogens with zero attached hydrogens (tertiary/aromatic N) is 2. The third kappa shape index (κ3) is 4.15.